The highest BCUT2D eigenvalue weighted by molar-refractivity contribution is 5.86. The predicted molar refractivity (Wildman–Crippen MR) is 74.3 cm³/mol. The van der Waals surface area contributed by atoms with Crippen LogP contribution in [0.1, 0.15) is 44.1 Å². The smallest absolute Gasteiger partial charge is 0.152 e. The van der Waals surface area contributed by atoms with Gasteiger partial charge in [0.15, 0.2) is 5.78 Å². The maximum Gasteiger partial charge on any atom is 0.152 e. The van der Waals surface area contributed by atoms with Crippen molar-refractivity contribution in [3.63, 3.8) is 0 Å². The molecule has 0 amide bonds. The van der Waals surface area contributed by atoms with E-state index in [9.17, 15) is 4.79 Å². The van der Waals surface area contributed by atoms with Gasteiger partial charge in [-0.05, 0) is 24.8 Å². The first kappa shape index (κ1) is 13.3. The highest BCUT2D eigenvalue weighted by Gasteiger charge is 2.24. The number of carbonyl (C=O) groups is 1. The van der Waals surface area contributed by atoms with E-state index in [4.69, 9.17) is 5.73 Å². The third kappa shape index (κ3) is 3.67. The maximum atomic E-state index is 12.3. The topological polar surface area (TPSA) is 43.1 Å². The zero-order valence-corrected chi connectivity index (χ0v) is 11.0. The van der Waals surface area contributed by atoms with Crippen LogP contribution in [0.15, 0.2) is 30.3 Å². The highest BCUT2D eigenvalue weighted by Crippen LogP contribution is 2.24. The van der Waals surface area contributed by atoms with Crippen molar-refractivity contribution in [2.45, 2.75) is 51.0 Å². The van der Waals surface area contributed by atoms with Gasteiger partial charge in [-0.2, -0.15) is 0 Å². The van der Waals surface area contributed by atoms with Gasteiger partial charge in [0.05, 0.1) is 6.04 Å². The molecule has 1 aromatic rings. The van der Waals surface area contributed by atoms with Crippen LogP contribution >= 0.6 is 0 Å². The molecule has 0 aromatic heterocycles. The minimum atomic E-state index is -0.324. The number of ketones is 1. The van der Waals surface area contributed by atoms with Crippen LogP contribution in [-0.4, -0.2) is 11.8 Å². The highest BCUT2D eigenvalue weighted by atomic mass is 16.1. The molecule has 98 valence electrons. The molecule has 2 nitrogen and oxygen atoms in total. The molecule has 1 atom stereocenters. The largest absolute Gasteiger partial charge is 0.321 e. The number of hydrogen-bond acceptors (Lipinski definition) is 2. The van der Waals surface area contributed by atoms with Crippen LogP contribution in [0.4, 0.5) is 0 Å². The number of rotatable bonds is 4. The molecule has 18 heavy (non-hydrogen) atoms. The Morgan fingerprint density at radius 3 is 2.33 bits per heavy atom. The van der Waals surface area contributed by atoms with Crippen LogP contribution in [-0.2, 0) is 11.2 Å². The van der Waals surface area contributed by atoms with Gasteiger partial charge < -0.3 is 5.73 Å². The summed E-state index contributed by atoms with van der Waals surface area (Å²) < 4.78 is 0. The Morgan fingerprint density at radius 1 is 1.11 bits per heavy atom. The van der Waals surface area contributed by atoms with E-state index < -0.39 is 0 Å². The van der Waals surface area contributed by atoms with Gasteiger partial charge in [0.2, 0.25) is 0 Å². The summed E-state index contributed by atoms with van der Waals surface area (Å²) in [6.45, 7) is 0. The van der Waals surface area contributed by atoms with Gasteiger partial charge in [-0.25, -0.2) is 0 Å². The fourth-order valence-electron chi connectivity index (χ4n) is 2.84. The van der Waals surface area contributed by atoms with Crippen LogP contribution in [0.3, 0.4) is 0 Å². The summed E-state index contributed by atoms with van der Waals surface area (Å²) in [5, 5.41) is 0. The molecule has 0 bridgehead atoms. The van der Waals surface area contributed by atoms with Crippen LogP contribution in [0, 0.1) is 5.92 Å². The summed E-state index contributed by atoms with van der Waals surface area (Å²) in [6.07, 6.45) is 7.69. The van der Waals surface area contributed by atoms with Gasteiger partial charge in [-0.1, -0.05) is 56.0 Å². The second-order valence-electron chi connectivity index (χ2n) is 5.39. The van der Waals surface area contributed by atoms with Gasteiger partial charge in [-0.3, -0.25) is 4.79 Å². The fraction of sp³-hybridized carbons (Fsp3) is 0.562. The molecule has 0 saturated heterocycles. The number of hydrogen-bond donors (Lipinski definition) is 1. The van der Waals surface area contributed by atoms with Crippen molar-refractivity contribution in [3.8, 4) is 0 Å². The van der Waals surface area contributed by atoms with Crippen molar-refractivity contribution in [2.24, 2.45) is 11.7 Å². The van der Waals surface area contributed by atoms with Crippen LogP contribution < -0.4 is 5.73 Å². The van der Waals surface area contributed by atoms with Gasteiger partial charge in [0, 0.05) is 5.92 Å². The Kier molecular flexibility index (Phi) is 4.94. The lowest BCUT2D eigenvalue weighted by atomic mass is 9.89. The zero-order chi connectivity index (χ0) is 12.8. The molecule has 0 heterocycles. The molecule has 0 aliphatic heterocycles. The average Bonchev–Trinajstić information content (AvgIpc) is 2.68. The molecular formula is C16H23NO. The first-order chi connectivity index (χ1) is 8.77. The van der Waals surface area contributed by atoms with Crippen molar-refractivity contribution >= 4 is 5.78 Å². The number of carbonyl (C=O) groups excluding carboxylic acids is 1. The lowest BCUT2D eigenvalue weighted by Crippen LogP contribution is -2.37. The molecule has 2 N–H and O–H groups in total. The van der Waals surface area contributed by atoms with E-state index in [1.807, 2.05) is 30.3 Å². The number of benzene rings is 1. The molecule has 1 aliphatic carbocycles. The van der Waals surface area contributed by atoms with Crippen LogP contribution in [0.25, 0.3) is 0 Å². The quantitative estimate of drug-likeness (QED) is 0.828. The molecule has 1 fully saturated rings. The van der Waals surface area contributed by atoms with E-state index in [0.29, 0.717) is 6.42 Å². The van der Waals surface area contributed by atoms with Crippen LogP contribution in [0.2, 0.25) is 0 Å². The number of nitrogens with two attached hydrogens (primary N) is 1. The van der Waals surface area contributed by atoms with Gasteiger partial charge in [0.25, 0.3) is 0 Å². The lowest BCUT2D eigenvalue weighted by Gasteiger charge is -2.18. The van der Waals surface area contributed by atoms with E-state index in [-0.39, 0.29) is 17.7 Å². The normalized spacial score (nSPS) is 19.2. The number of Topliss-reactive ketones (excluding diaryl/α,β-unsaturated/α-hetero) is 1. The summed E-state index contributed by atoms with van der Waals surface area (Å²) in [5.74, 6) is 0.493. The van der Waals surface area contributed by atoms with Gasteiger partial charge in [-0.15, -0.1) is 0 Å². The average molecular weight is 245 g/mol. The maximum absolute atomic E-state index is 12.3. The molecule has 0 spiro atoms. The summed E-state index contributed by atoms with van der Waals surface area (Å²) in [6, 6.07) is 9.74. The van der Waals surface area contributed by atoms with Crippen molar-refractivity contribution in [3.05, 3.63) is 35.9 Å². The Balaban J connectivity index is 1.91. The summed E-state index contributed by atoms with van der Waals surface area (Å²) in [4.78, 5) is 12.3. The molecule has 1 aromatic carbocycles. The van der Waals surface area contributed by atoms with Gasteiger partial charge in [0.1, 0.15) is 0 Å². The van der Waals surface area contributed by atoms with Crippen molar-refractivity contribution in [1.82, 2.24) is 0 Å². The SMILES string of the molecule is NC(Cc1ccccc1)C(=O)C1CCCCCC1. The molecule has 0 radical (unpaired) electrons. The van der Waals surface area contributed by atoms with Crippen molar-refractivity contribution in [2.75, 3.05) is 0 Å². The Bertz CT molecular complexity index is 366. The van der Waals surface area contributed by atoms with E-state index in [0.717, 1.165) is 18.4 Å². The monoisotopic (exact) mass is 245 g/mol. The standard InChI is InChI=1S/C16H23NO/c17-15(12-13-8-4-3-5-9-13)16(18)14-10-6-1-2-7-11-14/h3-5,8-9,14-15H,1-2,6-7,10-12,17H2. The lowest BCUT2D eigenvalue weighted by molar-refractivity contribution is -0.124. The Labute approximate surface area is 110 Å². The molecule has 2 heteroatoms. The molecular weight excluding hydrogens is 222 g/mol. The summed E-state index contributed by atoms with van der Waals surface area (Å²) in [5.41, 5.74) is 7.24. The minimum Gasteiger partial charge on any atom is -0.321 e. The van der Waals surface area contributed by atoms with Crippen molar-refractivity contribution in [1.29, 1.82) is 0 Å². The Hall–Kier alpha value is -1.15. The summed E-state index contributed by atoms with van der Waals surface area (Å²) >= 11 is 0. The van der Waals surface area contributed by atoms with E-state index in [1.165, 1.54) is 25.7 Å². The third-order valence-electron chi connectivity index (χ3n) is 3.92. The second-order valence-corrected chi connectivity index (χ2v) is 5.39. The van der Waals surface area contributed by atoms with E-state index >= 15 is 0 Å². The fourth-order valence-corrected chi connectivity index (χ4v) is 2.84. The second kappa shape index (κ2) is 6.69. The molecule has 1 saturated carbocycles. The first-order valence-corrected chi connectivity index (χ1v) is 7.10. The van der Waals surface area contributed by atoms with Gasteiger partial charge >= 0.3 is 0 Å². The predicted octanol–water partition coefficient (Wildman–Crippen LogP) is 3.10. The van der Waals surface area contributed by atoms with Crippen LogP contribution in [0.5, 0.6) is 0 Å². The molecule has 1 aliphatic rings. The van der Waals surface area contributed by atoms with E-state index in [1.54, 1.807) is 0 Å². The third-order valence-corrected chi connectivity index (χ3v) is 3.92. The molecule has 1 unspecified atom stereocenters. The van der Waals surface area contributed by atoms with Crippen molar-refractivity contribution < 1.29 is 4.79 Å². The Morgan fingerprint density at radius 2 is 1.72 bits per heavy atom. The first-order valence-electron chi connectivity index (χ1n) is 7.10. The van der Waals surface area contributed by atoms with E-state index in [2.05, 4.69) is 0 Å². The zero-order valence-electron chi connectivity index (χ0n) is 11.0. The molecule has 2 rings (SSSR count). The minimum absolute atomic E-state index is 0.214. The summed E-state index contributed by atoms with van der Waals surface area (Å²) in [7, 11) is 0.